The first-order valence-corrected chi connectivity index (χ1v) is 13.4. The fraction of sp³-hybridized carbons (Fsp3) is 0.423. The Morgan fingerprint density at radius 2 is 1.86 bits per heavy atom. The van der Waals surface area contributed by atoms with Gasteiger partial charge in [-0.25, -0.2) is 8.42 Å². The van der Waals surface area contributed by atoms with Crippen LogP contribution in [0.5, 0.6) is 0 Å². The van der Waals surface area contributed by atoms with Gasteiger partial charge in [0.2, 0.25) is 27.6 Å². The molecule has 0 spiro atoms. The van der Waals surface area contributed by atoms with Crippen LogP contribution in [0.25, 0.3) is 11.4 Å². The molecule has 0 saturated carbocycles. The van der Waals surface area contributed by atoms with Crippen LogP contribution in [0.3, 0.4) is 0 Å². The van der Waals surface area contributed by atoms with E-state index in [0.29, 0.717) is 37.6 Å². The number of carbonyl (C=O) groups excluding carboxylic acids is 1. The number of hydrogen-bond donors (Lipinski definition) is 0. The van der Waals surface area contributed by atoms with Gasteiger partial charge >= 0.3 is 0 Å². The molecule has 1 fully saturated rings. The molecule has 3 aromatic rings. The molecule has 0 radical (unpaired) electrons. The second-order valence-corrected chi connectivity index (χ2v) is 11.4. The van der Waals surface area contributed by atoms with E-state index in [2.05, 4.69) is 10.1 Å². The Labute approximate surface area is 207 Å². The predicted octanol–water partition coefficient (Wildman–Crippen LogP) is 4.13. The Morgan fingerprint density at radius 3 is 2.54 bits per heavy atom. The van der Waals surface area contributed by atoms with Crippen molar-refractivity contribution >= 4 is 15.9 Å². The van der Waals surface area contributed by atoms with E-state index in [9.17, 15) is 13.2 Å². The van der Waals surface area contributed by atoms with Crippen molar-refractivity contribution in [2.45, 2.75) is 45.1 Å². The van der Waals surface area contributed by atoms with Gasteiger partial charge in [0.1, 0.15) is 6.54 Å². The second kappa shape index (κ2) is 10.7. The Hall–Kier alpha value is -3.04. The van der Waals surface area contributed by atoms with Crippen molar-refractivity contribution in [3.8, 4) is 11.4 Å². The molecule has 0 bridgehead atoms. The highest BCUT2D eigenvalue weighted by molar-refractivity contribution is 7.89. The molecule has 186 valence electrons. The monoisotopic (exact) mass is 496 g/mol. The minimum atomic E-state index is -3.66. The SMILES string of the molecule is Cc1ccc(S(=O)(=O)N2CCC[C@@H](C(=O)N(Cc3nc(-c4ccccc4)no3)CC(C)C)C2)cc1. The molecule has 2 aromatic carbocycles. The van der Waals surface area contributed by atoms with E-state index in [1.165, 1.54) is 4.31 Å². The summed E-state index contributed by atoms with van der Waals surface area (Å²) in [7, 11) is -3.66. The van der Waals surface area contributed by atoms with Crippen molar-refractivity contribution in [2.24, 2.45) is 11.8 Å². The van der Waals surface area contributed by atoms with E-state index >= 15 is 0 Å². The average Bonchev–Trinajstić information content (AvgIpc) is 3.32. The maximum absolute atomic E-state index is 13.6. The third-order valence-corrected chi connectivity index (χ3v) is 7.99. The molecule has 35 heavy (non-hydrogen) atoms. The van der Waals surface area contributed by atoms with Crippen LogP contribution in [0.2, 0.25) is 0 Å². The topological polar surface area (TPSA) is 96.6 Å². The fourth-order valence-electron chi connectivity index (χ4n) is 4.34. The Morgan fingerprint density at radius 1 is 1.14 bits per heavy atom. The number of amides is 1. The number of sulfonamides is 1. The van der Waals surface area contributed by atoms with Crippen molar-refractivity contribution < 1.29 is 17.7 Å². The molecule has 1 aliphatic rings. The minimum absolute atomic E-state index is 0.0815. The molecule has 1 saturated heterocycles. The highest BCUT2D eigenvalue weighted by Crippen LogP contribution is 2.26. The van der Waals surface area contributed by atoms with Crippen LogP contribution in [-0.2, 0) is 21.4 Å². The van der Waals surface area contributed by atoms with Crippen LogP contribution in [0.15, 0.2) is 64.0 Å². The molecule has 0 N–H and O–H groups in total. The van der Waals surface area contributed by atoms with Crippen molar-refractivity contribution in [3.63, 3.8) is 0 Å². The van der Waals surface area contributed by atoms with Crippen molar-refractivity contribution in [3.05, 3.63) is 66.1 Å². The summed E-state index contributed by atoms with van der Waals surface area (Å²) in [5, 5.41) is 4.06. The summed E-state index contributed by atoms with van der Waals surface area (Å²) in [5.74, 6) is 0.566. The summed E-state index contributed by atoms with van der Waals surface area (Å²) in [4.78, 5) is 20.0. The van der Waals surface area contributed by atoms with E-state index in [4.69, 9.17) is 4.52 Å². The molecule has 4 rings (SSSR count). The number of piperidine rings is 1. The standard InChI is InChI=1S/C26H32N4O4S/c1-19(2)16-29(18-24-27-25(28-34-24)21-8-5-4-6-9-21)26(31)22-10-7-15-30(17-22)35(32,33)23-13-11-20(3)12-14-23/h4-6,8-9,11-14,19,22H,7,10,15-18H2,1-3H3/t22-/m1/s1. The summed E-state index contributed by atoms with van der Waals surface area (Å²) >= 11 is 0. The van der Waals surface area contributed by atoms with Gasteiger partial charge in [-0.1, -0.05) is 67.0 Å². The van der Waals surface area contributed by atoms with Gasteiger partial charge in [0, 0.05) is 25.2 Å². The third-order valence-electron chi connectivity index (χ3n) is 6.12. The van der Waals surface area contributed by atoms with E-state index < -0.39 is 15.9 Å². The smallest absolute Gasteiger partial charge is 0.246 e. The zero-order valence-corrected chi connectivity index (χ0v) is 21.2. The lowest BCUT2D eigenvalue weighted by molar-refractivity contribution is -0.138. The van der Waals surface area contributed by atoms with Gasteiger partial charge < -0.3 is 9.42 Å². The predicted molar refractivity (Wildman–Crippen MR) is 133 cm³/mol. The molecule has 1 amide bonds. The van der Waals surface area contributed by atoms with Gasteiger partial charge in [-0.15, -0.1) is 0 Å². The molecule has 9 heteroatoms. The molecule has 8 nitrogen and oxygen atoms in total. The average molecular weight is 497 g/mol. The Kier molecular flexibility index (Phi) is 7.66. The van der Waals surface area contributed by atoms with Gasteiger partial charge in [-0.3, -0.25) is 4.79 Å². The molecular formula is C26H32N4O4S. The molecule has 1 aliphatic heterocycles. The van der Waals surface area contributed by atoms with Crippen LogP contribution in [0.1, 0.15) is 38.1 Å². The lowest BCUT2D eigenvalue weighted by Gasteiger charge is -2.34. The number of aromatic nitrogens is 2. The third kappa shape index (κ3) is 5.97. The van der Waals surface area contributed by atoms with E-state index in [1.54, 1.807) is 29.2 Å². The van der Waals surface area contributed by atoms with Crippen molar-refractivity contribution in [1.29, 1.82) is 0 Å². The van der Waals surface area contributed by atoms with Crippen LogP contribution in [0.4, 0.5) is 0 Å². The summed E-state index contributed by atoms with van der Waals surface area (Å²) in [5.41, 5.74) is 1.84. The van der Waals surface area contributed by atoms with Crippen molar-refractivity contribution in [1.82, 2.24) is 19.3 Å². The number of benzene rings is 2. The van der Waals surface area contributed by atoms with E-state index in [1.807, 2.05) is 51.1 Å². The van der Waals surface area contributed by atoms with Crippen LogP contribution in [0, 0.1) is 18.8 Å². The summed E-state index contributed by atoms with van der Waals surface area (Å²) in [6.07, 6.45) is 1.28. The highest BCUT2D eigenvalue weighted by atomic mass is 32.2. The van der Waals surface area contributed by atoms with Gasteiger partial charge in [-0.05, 0) is 37.8 Å². The van der Waals surface area contributed by atoms with E-state index in [0.717, 1.165) is 11.1 Å². The van der Waals surface area contributed by atoms with Crippen LogP contribution >= 0.6 is 0 Å². The fourth-order valence-corrected chi connectivity index (χ4v) is 5.86. The number of rotatable bonds is 8. The first-order valence-electron chi connectivity index (χ1n) is 12.0. The van der Waals surface area contributed by atoms with Gasteiger partial charge in [0.15, 0.2) is 0 Å². The molecule has 1 aromatic heterocycles. The Bertz CT molecular complexity index is 1240. The van der Waals surface area contributed by atoms with Gasteiger partial charge in [-0.2, -0.15) is 9.29 Å². The molecule has 1 atom stereocenters. The highest BCUT2D eigenvalue weighted by Gasteiger charge is 2.35. The molecule has 0 aliphatic carbocycles. The summed E-state index contributed by atoms with van der Waals surface area (Å²) < 4.78 is 33.3. The quantitative estimate of drug-likeness (QED) is 0.465. The number of carbonyl (C=O) groups is 1. The van der Waals surface area contributed by atoms with Crippen LogP contribution in [-0.4, -0.2) is 53.3 Å². The lowest BCUT2D eigenvalue weighted by Crippen LogP contribution is -2.47. The lowest BCUT2D eigenvalue weighted by atomic mass is 9.97. The van der Waals surface area contributed by atoms with Gasteiger partial charge in [0.25, 0.3) is 0 Å². The second-order valence-electron chi connectivity index (χ2n) is 9.51. The number of aryl methyl sites for hydroxylation is 1. The summed E-state index contributed by atoms with van der Waals surface area (Å²) in [6.45, 7) is 7.29. The largest absolute Gasteiger partial charge is 0.337 e. The number of hydrogen-bond acceptors (Lipinski definition) is 6. The van der Waals surface area contributed by atoms with E-state index in [-0.39, 0.29) is 29.8 Å². The maximum Gasteiger partial charge on any atom is 0.246 e. The molecule has 0 unspecified atom stereocenters. The normalized spacial score (nSPS) is 17.0. The molecular weight excluding hydrogens is 464 g/mol. The van der Waals surface area contributed by atoms with Gasteiger partial charge in [0.05, 0.1) is 10.8 Å². The zero-order chi connectivity index (χ0) is 25.0. The first-order chi connectivity index (χ1) is 16.7. The van der Waals surface area contributed by atoms with Crippen molar-refractivity contribution in [2.75, 3.05) is 19.6 Å². The molecule has 2 heterocycles. The van der Waals surface area contributed by atoms with Crippen LogP contribution < -0.4 is 0 Å². The minimum Gasteiger partial charge on any atom is -0.337 e. The summed E-state index contributed by atoms with van der Waals surface area (Å²) in [6, 6.07) is 16.4. The zero-order valence-electron chi connectivity index (χ0n) is 20.4. The maximum atomic E-state index is 13.6. The Balaban J connectivity index is 1.49. The first kappa shape index (κ1) is 25.1. The number of nitrogens with zero attached hydrogens (tertiary/aromatic N) is 4.